The molecule has 0 aromatic rings. The van der Waals surface area contributed by atoms with Crippen LogP contribution >= 0.6 is 0 Å². The van der Waals surface area contributed by atoms with Crippen molar-refractivity contribution in [2.24, 2.45) is 5.41 Å². The molecule has 0 aliphatic heterocycles. The Morgan fingerprint density at radius 1 is 1.58 bits per heavy atom. The number of nitrogens with one attached hydrogen (secondary N) is 1. The van der Waals surface area contributed by atoms with Gasteiger partial charge >= 0.3 is 0 Å². The van der Waals surface area contributed by atoms with Gasteiger partial charge in [0.1, 0.15) is 0 Å². The zero-order valence-electron chi connectivity index (χ0n) is 8.61. The average Bonchev–Trinajstić information content (AvgIpc) is 2.79. The summed E-state index contributed by atoms with van der Waals surface area (Å²) in [4.78, 5) is 0. The van der Waals surface area contributed by atoms with Gasteiger partial charge in [-0.15, -0.1) is 0 Å². The van der Waals surface area contributed by atoms with Crippen LogP contribution in [0, 0.1) is 5.41 Å². The molecule has 1 unspecified atom stereocenters. The Labute approximate surface area is 76.2 Å². The molecule has 1 atom stereocenters. The fourth-order valence-corrected chi connectivity index (χ4v) is 1.68. The van der Waals surface area contributed by atoms with Crippen molar-refractivity contribution in [3.63, 3.8) is 0 Å². The fraction of sp³-hybridized carbons (Fsp3) is 0.818. The van der Waals surface area contributed by atoms with Gasteiger partial charge in [0.05, 0.1) is 0 Å². The molecule has 0 heterocycles. The van der Waals surface area contributed by atoms with E-state index in [4.69, 9.17) is 0 Å². The lowest BCUT2D eigenvalue weighted by atomic mass is 9.92. The smallest absolute Gasteiger partial charge is 0.0155 e. The van der Waals surface area contributed by atoms with Gasteiger partial charge in [-0.1, -0.05) is 26.0 Å². The second-order valence-corrected chi connectivity index (χ2v) is 4.30. The molecule has 0 bridgehead atoms. The summed E-state index contributed by atoms with van der Waals surface area (Å²) in [5.41, 5.74) is 1.95. The highest BCUT2D eigenvalue weighted by molar-refractivity contribution is 5.05. The summed E-state index contributed by atoms with van der Waals surface area (Å²) < 4.78 is 0. The minimum atomic E-state index is 0.576. The third-order valence-electron chi connectivity index (χ3n) is 3.22. The zero-order chi connectivity index (χ0) is 9.19. The minimum absolute atomic E-state index is 0.576. The van der Waals surface area contributed by atoms with E-state index < -0.39 is 0 Å². The van der Waals surface area contributed by atoms with Gasteiger partial charge in [0.15, 0.2) is 0 Å². The Bertz CT molecular complexity index is 168. The van der Waals surface area contributed by atoms with E-state index in [1.807, 2.05) is 0 Å². The van der Waals surface area contributed by atoms with Crippen LogP contribution in [0.5, 0.6) is 0 Å². The van der Waals surface area contributed by atoms with E-state index in [0.29, 0.717) is 11.5 Å². The molecule has 1 N–H and O–H groups in total. The van der Waals surface area contributed by atoms with Crippen molar-refractivity contribution in [3.05, 3.63) is 12.2 Å². The van der Waals surface area contributed by atoms with E-state index in [1.165, 1.54) is 18.4 Å². The third kappa shape index (κ3) is 2.10. The summed E-state index contributed by atoms with van der Waals surface area (Å²) in [6.07, 6.45) is 5.04. The van der Waals surface area contributed by atoms with Crippen LogP contribution < -0.4 is 5.32 Å². The van der Waals surface area contributed by atoms with Crippen molar-refractivity contribution in [3.8, 4) is 0 Å². The first-order valence-corrected chi connectivity index (χ1v) is 4.96. The minimum Gasteiger partial charge on any atom is -0.316 e. The van der Waals surface area contributed by atoms with Crippen LogP contribution in [0.1, 0.15) is 39.5 Å². The van der Waals surface area contributed by atoms with E-state index in [0.717, 1.165) is 12.8 Å². The summed E-state index contributed by atoms with van der Waals surface area (Å²) >= 11 is 0. The maximum Gasteiger partial charge on any atom is 0.0155 e. The van der Waals surface area contributed by atoms with Gasteiger partial charge in [-0.2, -0.15) is 0 Å². The van der Waals surface area contributed by atoms with Crippen LogP contribution in [-0.4, -0.2) is 13.1 Å². The average molecular weight is 167 g/mol. The summed E-state index contributed by atoms with van der Waals surface area (Å²) in [5, 5.41) is 3.41. The van der Waals surface area contributed by atoms with Crippen molar-refractivity contribution in [2.45, 2.75) is 45.6 Å². The Balaban J connectivity index is 2.41. The maximum atomic E-state index is 4.06. The highest BCUT2D eigenvalue weighted by Crippen LogP contribution is 2.49. The molecule has 1 fully saturated rings. The van der Waals surface area contributed by atoms with Gasteiger partial charge in [0.2, 0.25) is 0 Å². The van der Waals surface area contributed by atoms with Crippen molar-refractivity contribution < 1.29 is 0 Å². The molecule has 70 valence electrons. The Kier molecular flexibility index (Phi) is 2.94. The van der Waals surface area contributed by atoms with Crippen molar-refractivity contribution in [2.75, 3.05) is 7.05 Å². The molecule has 0 amide bonds. The van der Waals surface area contributed by atoms with Crippen LogP contribution in [0.3, 0.4) is 0 Å². The van der Waals surface area contributed by atoms with Gasteiger partial charge in [0, 0.05) is 6.04 Å². The van der Waals surface area contributed by atoms with Crippen LogP contribution in [0.25, 0.3) is 0 Å². The first-order chi connectivity index (χ1) is 5.62. The van der Waals surface area contributed by atoms with Gasteiger partial charge in [0.25, 0.3) is 0 Å². The highest BCUT2D eigenvalue weighted by atomic mass is 14.9. The molecule has 0 radical (unpaired) electrons. The summed E-state index contributed by atoms with van der Waals surface area (Å²) in [6, 6.07) is 0.657. The van der Waals surface area contributed by atoms with E-state index in [2.05, 4.69) is 32.8 Å². The lowest BCUT2D eigenvalue weighted by Gasteiger charge is -2.23. The van der Waals surface area contributed by atoms with E-state index in [-0.39, 0.29) is 0 Å². The van der Waals surface area contributed by atoms with Gasteiger partial charge in [-0.05, 0) is 38.1 Å². The Hall–Kier alpha value is -0.300. The molecule has 12 heavy (non-hydrogen) atoms. The SMILES string of the molecule is C=C(CC)CC(NC)C1(C)CC1. The Morgan fingerprint density at radius 3 is 2.50 bits per heavy atom. The predicted molar refractivity (Wildman–Crippen MR) is 54.2 cm³/mol. The van der Waals surface area contributed by atoms with Gasteiger partial charge in [-0.25, -0.2) is 0 Å². The molecule has 1 nitrogen and oxygen atoms in total. The van der Waals surface area contributed by atoms with Crippen molar-refractivity contribution in [1.82, 2.24) is 5.32 Å². The molecule has 1 heteroatoms. The molecule has 1 saturated carbocycles. The molecule has 1 aliphatic carbocycles. The lowest BCUT2D eigenvalue weighted by molar-refractivity contribution is 0.373. The third-order valence-corrected chi connectivity index (χ3v) is 3.22. The van der Waals surface area contributed by atoms with Crippen LogP contribution in [0.15, 0.2) is 12.2 Å². The molecule has 0 spiro atoms. The van der Waals surface area contributed by atoms with Crippen LogP contribution in [0.4, 0.5) is 0 Å². The number of hydrogen-bond acceptors (Lipinski definition) is 1. The van der Waals surface area contributed by atoms with Gasteiger partial charge < -0.3 is 5.32 Å². The quantitative estimate of drug-likeness (QED) is 0.621. The molecule has 0 aromatic heterocycles. The first kappa shape index (κ1) is 9.79. The summed E-state index contributed by atoms with van der Waals surface area (Å²) in [5.74, 6) is 0. The monoisotopic (exact) mass is 167 g/mol. The molecule has 1 rings (SSSR count). The zero-order valence-corrected chi connectivity index (χ0v) is 8.61. The topological polar surface area (TPSA) is 12.0 Å². The summed E-state index contributed by atoms with van der Waals surface area (Å²) in [6.45, 7) is 8.62. The second kappa shape index (κ2) is 3.61. The Morgan fingerprint density at radius 2 is 2.17 bits per heavy atom. The van der Waals surface area contributed by atoms with E-state index in [9.17, 15) is 0 Å². The largest absolute Gasteiger partial charge is 0.316 e. The number of rotatable bonds is 5. The van der Waals surface area contributed by atoms with E-state index >= 15 is 0 Å². The van der Waals surface area contributed by atoms with Gasteiger partial charge in [-0.3, -0.25) is 0 Å². The first-order valence-electron chi connectivity index (χ1n) is 4.96. The molecule has 1 aliphatic rings. The fourth-order valence-electron chi connectivity index (χ4n) is 1.68. The highest BCUT2D eigenvalue weighted by Gasteiger charge is 2.43. The standard InChI is InChI=1S/C11H21N/c1-5-9(2)8-10(12-4)11(3)6-7-11/h10,12H,2,5-8H2,1,3-4H3. The predicted octanol–water partition coefficient (Wildman–Crippen LogP) is 2.73. The lowest BCUT2D eigenvalue weighted by Crippen LogP contribution is -2.33. The van der Waals surface area contributed by atoms with Crippen LogP contribution in [0.2, 0.25) is 0 Å². The number of hydrogen-bond donors (Lipinski definition) is 1. The molecular weight excluding hydrogens is 146 g/mol. The normalized spacial score (nSPS) is 21.9. The summed E-state index contributed by atoms with van der Waals surface area (Å²) in [7, 11) is 2.07. The van der Waals surface area contributed by atoms with Crippen LogP contribution in [-0.2, 0) is 0 Å². The van der Waals surface area contributed by atoms with Crippen molar-refractivity contribution >= 4 is 0 Å². The van der Waals surface area contributed by atoms with E-state index in [1.54, 1.807) is 0 Å². The molecule has 0 saturated heterocycles. The second-order valence-electron chi connectivity index (χ2n) is 4.30. The molecular formula is C11H21N. The maximum absolute atomic E-state index is 4.06. The van der Waals surface area contributed by atoms with Crippen molar-refractivity contribution in [1.29, 1.82) is 0 Å². The molecule has 0 aromatic carbocycles.